The maximum absolute atomic E-state index is 12.9. The molecule has 3 rings (SSSR count). The second kappa shape index (κ2) is 9.00. The summed E-state index contributed by atoms with van der Waals surface area (Å²) in [6.45, 7) is 3.11. The summed E-state index contributed by atoms with van der Waals surface area (Å²) in [5.41, 5.74) is 2.00. The molecule has 0 spiro atoms. The van der Waals surface area contributed by atoms with Crippen LogP contribution in [0.2, 0.25) is 0 Å². The Balaban J connectivity index is 1.81. The third kappa shape index (κ3) is 3.98. The monoisotopic (exact) mass is 368 g/mol. The Hall–Kier alpha value is -2.40. The van der Waals surface area contributed by atoms with Crippen LogP contribution in [0.3, 0.4) is 0 Å². The van der Waals surface area contributed by atoms with Gasteiger partial charge in [0, 0.05) is 40.7 Å². The third-order valence-electron chi connectivity index (χ3n) is 5.15. The van der Waals surface area contributed by atoms with Gasteiger partial charge in [0.05, 0.1) is 6.61 Å². The number of hydrogen-bond donors (Lipinski definition) is 2. The standard InChI is InChI=1S/C22H28N2O3/c1-2-3-4-5-6-7-14-24-21(26)17-10-8-9-16-19(23-13-15-25)12-11-18(20(16)17)22(24)27/h8-12,23,25H,2-7,13-15H2,1H3. The molecule has 0 unspecified atom stereocenters. The minimum Gasteiger partial charge on any atom is -0.395 e. The molecular weight excluding hydrogens is 340 g/mol. The van der Waals surface area contributed by atoms with Crippen molar-refractivity contribution in [3.8, 4) is 0 Å². The summed E-state index contributed by atoms with van der Waals surface area (Å²) in [4.78, 5) is 27.3. The Bertz CT molecular complexity index is 809. The van der Waals surface area contributed by atoms with Crippen LogP contribution in [0.1, 0.15) is 66.2 Å². The fourth-order valence-corrected chi connectivity index (χ4v) is 3.74. The molecule has 1 aliphatic rings. The van der Waals surface area contributed by atoms with Crippen LogP contribution in [-0.4, -0.2) is 41.5 Å². The minimum absolute atomic E-state index is 0.0207. The molecule has 5 nitrogen and oxygen atoms in total. The Morgan fingerprint density at radius 2 is 1.63 bits per heavy atom. The van der Waals surface area contributed by atoms with E-state index in [2.05, 4.69) is 12.2 Å². The van der Waals surface area contributed by atoms with E-state index < -0.39 is 0 Å². The van der Waals surface area contributed by atoms with Crippen LogP contribution in [0.4, 0.5) is 5.69 Å². The summed E-state index contributed by atoms with van der Waals surface area (Å²) in [5.74, 6) is -0.406. The molecule has 144 valence electrons. The van der Waals surface area contributed by atoms with Crippen molar-refractivity contribution >= 4 is 28.3 Å². The molecule has 5 heteroatoms. The predicted molar refractivity (Wildman–Crippen MR) is 108 cm³/mol. The van der Waals surface area contributed by atoms with Crippen molar-refractivity contribution in [2.75, 3.05) is 25.0 Å². The van der Waals surface area contributed by atoms with Gasteiger partial charge < -0.3 is 10.4 Å². The summed E-state index contributed by atoms with van der Waals surface area (Å²) in [6, 6.07) is 9.20. The number of imide groups is 1. The van der Waals surface area contributed by atoms with Gasteiger partial charge in [0.1, 0.15) is 0 Å². The topological polar surface area (TPSA) is 69.6 Å². The quantitative estimate of drug-likeness (QED) is 0.487. The van der Waals surface area contributed by atoms with E-state index in [0.29, 0.717) is 24.2 Å². The van der Waals surface area contributed by atoms with Gasteiger partial charge in [-0.3, -0.25) is 14.5 Å². The lowest BCUT2D eigenvalue weighted by molar-refractivity contribution is 0.0607. The van der Waals surface area contributed by atoms with Gasteiger partial charge in [0.25, 0.3) is 11.8 Å². The molecule has 0 aliphatic carbocycles. The smallest absolute Gasteiger partial charge is 0.261 e. The number of nitrogens with one attached hydrogen (secondary N) is 1. The lowest BCUT2D eigenvalue weighted by atomic mass is 9.93. The summed E-state index contributed by atoms with van der Waals surface area (Å²) in [5, 5.41) is 13.8. The van der Waals surface area contributed by atoms with E-state index >= 15 is 0 Å². The SMILES string of the molecule is CCCCCCCCN1C(=O)c2cccc3c(NCCO)ccc(c23)C1=O. The number of amides is 2. The maximum Gasteiger partial charge on any atom is 0.261 e. The zero-order chi connectivity index (χ0) is 19.2. The molecule has 0 saturated heterocycles. The summed E-state index contributed by atoms with van der Waals surface area (Å²) in [7, 11) is 0. The van der Waals surface area contributed by atoms with Gasteiger partial charge in [-0.1, -0.05) is 51.2 Å². The van der Waals surface area contributed by atoms with Crippen molar-refractivity contribution in [2.24, 2.45) is 0 Å². The van der Waals surface area contributed by atoms with Gasteiger partial charge in [-0.25, -0.2) is 0 Å². The number of aliphatic hydroxyl groups is 1. The van der Waals surface area contributed by atoms with Crippen molar-refractivity contribution in [2.45, 2.75) is 45.4 Å². The van der Waals surface area contributed by atoms with Gasteiger partial charge >= 0.3 is 0 Å². The molecule has 0 radical (unpaired) electrons. The molecule has 2 aromatic carbocycles. The fourth-order valence-electron chi connectivity index (χ4n) is 3.74. The van der Waals surface area contributed by atoms with Crippen LogP contribution in [0, 0.1) is 0 Å². The zero-order valence-corrected chi connectivity index (χ0v) is 16.0. The molecule has 0 bridgehead atoms. The van der Waals surface area contributed by atoms with E-state index in [1.807, 2.05) is 18.2 Å². The summed E-state index contributed by atoms with van der Waals surface area (Å²) < 4.78 is 0. The highest BCUT2D eigenvalue weighted by atomic mass is 16.3. The number of anilines is 1. The molecule has 0 aromatic heterocycles. The third-order valence-corrected chi connectivity index (χ3v) is 5.15. The first-order valence-corrected chi connectivity index (χ1v) is 9.95. The largest absolute Gasteiger partial charge is 0.395 e. The predicted octanol–water partition coefficient (Wildman–Crippen LogP) is 4.20. The number of rotatable bonds is 10. The maximum atomic E-state index is 12.9. The second-order valence-corrected chi connectivity index (χ2v) is 7.07. The Morgan fingerprint density at radius 3 is 2.37 bits per heavy atom. The van der Waals surface area contributed by atoms with Crippen molar-refractivity contribution < 1.29 is 14.7 Å². The normalized spacial score (nSPS) is 13.5. The Kier molecular flexibility index (Phi) is 6.45. The van der Waals surface area contributed by atoms with E-state index in [4.69, 9.17) is 5.11 Å². The van der Waals surface area contributed by atoms with Gasteiger partial charge in [0.2, 0.25) is 0 Å². The minimum atomic E-state index is -0.203. The van der Waals surface area contributed by atoms with Crippen LogP contribution >= 0.6 is 0 Å². The zero-order valence-electron chi connectivity index (χ0n) is 16.0. The molecule has 2 aromatic rings. The van der Waals surface area contributed by atoms with Gasteiger partial charge in [-0.15, -0.1) is 0 Å². The van der Waals surface area contributed by atoms with Crippen LogP contribution in [0.15, 0.2) is 30.3 Å². The number of carbonyl (C=O) groups excluding carboxylic acids is 2. The molecule has 1 heterocycles. The number of carbonyl (C=O) groups is 2. The van der Waals surface area contributed by atoms with Crippen LogP contribution < -0.4 is 5.32 Å². The Morgan fingerprint density at radius 1 is 0.926 bits per heavy atom. The van der Waals surface area contributed by atoms with Crippen LogP contribution in [-0.2, 0) is 0 Å². The van der Waals surface area contributed by atoms with E-state index in [9.17, 15) is 9.59 Å². The molecule has 0 fully saturated rings. The molecule has 0 saturated carbocycles. The number of hydrogen-bond acceptors (Lipinski definition) is 4. The number of unbranched alkanes of at least 4 members (excludes halogenated alkanes) is 5. The van der Waals surface area contributed by atoms with Crippen molar-refractivity contribution in [1.29, 1.82) is 0 Å². The fraction of sp³-hybridized carbons (Fsp3) is 0.455. The highest BCUT2D eigenvalue weighted by Crippen LogP contribution is 2.34. The van der Waals surface area contributed by atoms with Crippen LogP contribution in [0.25, 0.3) is 10.8 Å². The average molecular weight is 368 g/mol. The first kappa shape index (κ1) is 19.4. The first-order chi connectivity index (χ1) is 13.2. The van der Waals surface area contributed by atoms with Crippen molar-refractivity contribution in [3.63, 3.8) is 0 Å². The van der Waals surface area contributed by atoms with Crippen LogP contribution in [0.5, 0.6) is 0 Å². The summed E-state index contributed by atoms with van der Waals surface area (Å²) in [6.07, 6.45) is 6.70. The van der Waals surface area contributed by atoms with Crippen molar-refractivity contribution in [1.82, 2.24) is 4.90 Å². The second-order valence-electron chi connectivity index (χ2n) is 7.07. The molecule has 0 atom stereocenters. The lowest BCUT2D eigenvalue weighted by Crippen LogP contribution is -2.40. The van der Waals surface area contributed by atoms with E-state index in [0.717, 1.165) is 35.7 Å². The summed E-state index contributed by atoms with van der Waals surface area (Å²) >= 11 is 0. The molecule has 27 heavy (non-hydrogen) atoms. The van der Waals surface area contributed by atoms with E-state index in [1.54, 1.807) is 12.1 Å². The van der Waals surface area contributed by atoms with Gasteiger partial charge in [0.15, 0.2) is 0 Å². The number of benzene rings is 2. The highest BCUT2D eigenvalue weighted by molar-refractivity contribution is 6.26. The van der Waals surface area contributed by atoms with E-state index in [-0.39, 0.29) is 18.4 Å². The van der Waals surface area contributed by atoms with Crippen molar-refractivity contribution in [3.05, 3.63) is 41.5 Å². The number of aliphatic hydroxyl groups excluding tert-OH is 1. The highest BCUT2D eigenvalue weighted by Gasteiger charge is 2.32. The first-order valence-electron chi connectivity index (χ1n) is 9.95. The Labute approximate surface area is 160 Å². The molecule has 2 amide bonds. The lowest BCUT2D eigenvalue weighted by Gasteiger charge is -2.28. The van der Waals surface area contributed by atoms with Gasteiger partial charge in [-0.05, 0) is 24.6 Å². The average Bonchev–Trinajstić information content (AvgIpc) is 2.69. The van der Waals surface area contributed by atoms with Gasteiger partial charge in [-0.2, -0.15) is 0 Å². The molecule has 1 aliphatic heterocycles. The van der Waals surface area contributed by atoms with E-state index in [1.165, 1.54) is 24.2 Å². The molecule has 2 N–H and O–H groups in total. The number of nitrogens with zero attached hydrogens (tertiary/aromatic N) is 1. The molecular formula is C22H28N2O3.